The van der Waals surface area contributed by atoms with E-state index in [-0.39, 0.29) is 16.9 Å². The van der Waals surface area contributed by atoms with Crippen LogP contribution in [0.3, 0.4) is 0 Å². The molecule has 0 bridgehead atoms. The summed E-state index contributed by atoms with van der Waals surface area (Å²) in [6, 6.07) is 10.1. The normalized spacial score (nSPS) is 17.1. The van der Waals surface area contributed by atoms with E-state index < -0.39 is 5.91 Å². The number of hydrogen-bond acceptors (Lipinski definition) is 7. The minimum Gasteiger partial charge on any atom is -0.381 e. The number of ether oxygens (including phenoxy) is 1. The Kier molecular flexibility index (Phi) is 10.8. The molecule has 3 aromatic heterocycles. The summed E-state index contributed by atoms with van der Waals surface area (Å²) in [5.41, 5.74) is 3.75. The van der Waals surface area contributed by atoms with E-state index in [1.54, 1.807) is 33.7 Å². The fourth-order valence-electron chi connectivity index (χ4n) is 6.69. The maximum Gasteiger partial charge on any atom is 0.263 e. The van der Waals surface area contributed by atoms with Gasteiger partial charge in [-0.05, 0) is 105 Å². The number of carbonyl (C=O) groups excluding carboxylic acids is 1. The number of likely N-dealkylation sites (tertiary alicyclic amines) is 1. The van der Waals surface area contributed by atoms with Gasteiger partial charge in [-0.3, -0.25) is 14.5 Å². The first kappa shape index (κ1) is 33.7. The second kappa shape index (κ2) is 15.3. The molecule has 3 fully saturated rings. The third-order valence-electron chi connectivity index (χ3n) is 9.37. The van der Waals surface area contributed by atoms with E-state index in [4.69, 9.17) is 9.72 Å². The highest BCUT2D eigenvalue weighted by Gasteiger charge is 2.27. The number of benzene rings is 1. The van der Waals surface area contributed by atoms with Crippen LogP contribution in [0.1, 0.15) is 86.3 Å². The summed E-state index contributed by atoms with van der Waals surface area (Å²) in [4.78, 5) is 35.0. The fraction of sp³-hybridized carbons (Fsp3) is 0.486. The second-order valence-electron chi connectivity index (χ2n) is 13.0. The van der Waals surface area contributed by atoms with Gasteiger partial charge in [-0.25, -0.2) is 9.37 Å². The Bertz CT molecular complexity index is 1790. The van der Waals surface area contributed by atoms with Gasteiger partial charge in [0.1, 0.15) is 23.5 Å². The number of anilines is 1. The molecule has 254 valence electrons. The number of aryl methyl sites for hydroxylation is 1. The molecule has 0 radical (unpaired) electrons. The lowest BCUT2D eigenvalue weighted by atomic mass is 9.98. The standard InChI is InChI=1S/C35H40FN7O3.C2H6/c1-41-22-37-40-33(41)29-18-27(36)7-8-28(29)26-16-31(25-5-6-25)38-32(17-26)39-34(44)30-15-24(19-42-11-3-2-4-12-42)21-43(35(30)45)20-23-9-13-46-14-10-23;1-2/h7-8,15-18,21-23,25H,2-6,9-14,19-20H2,1H3,(H,38,39,44);1-2H3. The van der Waals surface area contributed by atoms with Crippen molar-refractivity contribution in [2.45, 2.75) is 77.8 Å². The topological polar surface area (TPSA) is 107 Å². The lowest BCUT2D eigenvalue weighted by molar-refractivity contribution is 0.0608. The monoisotopic (exact) mass is 655 g/mol. The number of carbonyl (C=O) groups is 1. The molecule has 2 saturated heterocycles. The van der Waals surface area contributed by atoms with Crippen molar-refractivity contribution in [1.82, 2.24) is 29.2 Å². The van der Waals surface area contributed by atoms with Gasteiger partial charge in [-0.2, -0.15) is 0 Å². The predicted molar refractivity (Wildman–Crippen MR) is 184 cm³/mol. The summed E-state index contributed by atoms with van der Waals surface area (Å²) in [7, 11) is 1.81. The second-order valence-corrected chi connectivity index (χ2v) is 13.0. The fourth-order valence-corrected chi connectivity index (χ4v) is 6.69. The van der Waals surface area contributed by atoms with E-state index in [1.165, 1.54) is 18.6 Å². The van der Waals surface area contributed by atoms with Gasteiger partial charge < -0.3 is 19.2 Å². The summed E-state index contributed by atoms with van der Waals surface area (Å²) in [5.74, 6) is 0.637. The van der Waals surface area contributed by atoms with Crippen LogP contribution in [0.5, 0.6) is 0 Å². The molecule has 0 unspecified atom stereocenters. The highest BCUT2D eigenvalue weighted by molar-refractivity contribution is 6.04. The van der Waals surface area contributed by atoms with Crippen molar-refractivity contribution in [3.05, 3.63) is 81.9 Å². The average molecular weight is 656 g/mol. The number of piperidine rings is 1. The van der Waals surface area contributed by atoms with Gasteiger partial charge >= 0.3 is 0 Å². The average Bonchev–Trinajstić information content (AvgIpc) is 3.87. The molecule has 11 heteroatoms. The van der Waals surface area contributed by atoms with Crippen molar-refractivity contribution in [2.75, 3.05) is 31.6 Å². The van der Waals surface area contributed by atoms with Gasteiger partial charge in [0.05, 0.1) is 0 Å². The zero-order chi connectivity index (χ0) is 33.6. The van der Waals surface area contributed by atoms with Crippen LogP contribution in [0.4, 0.5) is 10.2 Å². The molecule has 1 aromatic carbocycles. The predicted octanol–water partition coefficient (Wildman–Crippen LogP) is 6.41. The smallest absolute Gasteiger partial charge is 0.263 e. The largest absolute Gasteiger partial charge is 0.381 e. The molecule has 7 rings (SSSR count). The van der Waals surface area contributed by atoms with Crippen LogP contribution in [-0.4, -0.2) is 61.4 Å². The molecule has 0 spiro atoms. The van der Waals surface area contributed by atoms with Gasteiger partial charge in [-0.1, -0.05) is 26.3 Å². The van der Waals surface area contributed by atoms with Crippen LogP contribution in [0.2, 0.25) is 0 Å². The molecule has 2 aliphatic heterocycles. The quantitative estimate of drug-likeness (QED) is 0.222. The molecule has 1 amide bonds. The molecule has 0 atom stereocenters. The molecule has 5 heterocycles. The maximum atomic E-state index is 14.5. The van der Waals surface area contributed by atoms with Crippen molar-refractivity contribution in [3.63, 3.8) is 0 Å². The Hall–Kier alpha value is -4.22. The zero-order valence-corrected chi connectivity index (χ0v) is 28.3. The summed E-state index contributed by atoms with van der Waals surface area (Å²) in [6.45, 7) is 8.67. The first-order chi connectivity index (χ1) is 23.4. The molecule has 1 aliphatic carbocycles. The number of halogens is 1. The minimum atomic E-state index is -0.481. The molecular weight excluding hydrogens is 609 g/mol. The van der Waals surface area contributed by atoms with E-state index in [0.29, 0.717) is 55.3 Å². The first-order valence-corrected chi connectivity index (χ1v) is 17.4. The van der Waals surface area contributed by atoms with E-state index in [9.17, 15) is 14.0 Å². The van der Waals surface area contributed by atoms with Crippen molar-refractivity contribution in [1.29, 1.82) is 0 Å². The zero-order valence-electron chi connectivity index (χ0n) is 28.3. The number of amides is 1. The van der Waals surface area contributed by atoms with E-state index >= 15 is 0 Å². The molecule has 10 nitrogen and oxygen atoms in total. The Labute approximate surface area is 281 Å². The lowest BCUT2D eigenvalue weighted by Gasteiger charge is -2.27. The van der Waals surface area contributed by atoms with Crippen molar-refractivity contribution < 1.29 is 13.9 Å². The molecule has 1 N–H and O–H groups in total. The van der Waals surface area contributed by atoms with Crippen LogP contribution >= 0.6 is 0 Å². The van der Waals surface area contributed by atoms with E-state index in [0.717, 1.165) is 74.0 Å². The SMILES string of the molecule is CC.Cn1cnnc1-c1cc(F)ccc1-c1cc(NC(=O)c2cc(CN3CCCCC3)cn(CC3CCOCC3)c2=O)nc(C2CC2)c1. The Morgan fingerprint density at radius 1 is 1.00 bits per heavy atom. The highest BCUT2D eigenvalue weighted by atomic mass is 19.1. The van der Waals surface area contributed by atoms with Crippen LogP contribution in [0, 0.1) is 11.7 Å². The number of nitrogens with zero attached hydrogens (tertiary/aromatic N) is 6. The molecule has 1 saturated carbocycles. The Balaban J connectivity index is 0.00000197. The Morgan fingerprint density at radius 2 is 1.77 bits per heavy atom. The van der Waals surface area contributed by atoms with Crippen LogP contribution < -0.4 is 10.9 Å². The van der Waals surface area contributed by atoms with Crippen molar-refractivity contribution in [3.8, 4) is 22.5 Å². The number of hydrogen-bond donors (Lipinski definition) is 1. The lowest BCUT2D eigenvalue weighted by Crippen LogP contribution is -2.34. The summed E-state index contributed by atoms with van der Waals surface area (Å²) < 4.78 is 23.5. The minimum absolute atomic E-state index is 0.114. The van der Waals surface area contributed by atoms with Crippen molar-refractivity contribution >= 4 is 11.7 Å². The van der Waals surface area contributed by atoms with E-state index in [1.807, 2.05) is 33.2 Å². The van der Waals surface area contributed by atoms with Gasteiger partial charge in [0, 0.05) is 56.7 Å². The number of pyridine rings is 2. The van der Waals surface area contributed by atoms with Gasteiger partial charge in [-0.15, -0.1) is 10.2 Å². The number of aromatic nitrogens is 5. The highest BCUT2D eigenvalue weighted by Crippen LogP contribution is 2.42. The third-order valence-corrected chi connectivity index (χ3v) is 9.37. The maximum absolute atomic E-state index is 14.5. The van der Waals surface area contributed by atoms with Gasteiger partial charge in [0.15, 0.2) is 5.82 Å². The van der Waals surface area contributed by atoms with Crippen LogP contribution in [0.25, 0.3) is 22.5 Å². The summed E-state index contributed by atoms with van der Waals surface area (Å²) in [5, 5.41) is 11.2. The van der Waals surface area contributed by atoms with E-state index in [2.05, 4.69) is 20.4 Å². The first-order valence-electron chi connectivity index (χ1n) is 17.4. The summed E-state index contributed by atoms with van der Waals surface area (Å²) >= 11 is 0. The third kappa shape index (κ3) is 7.90. The molecule has 48 heavy (non-hydrogen) atoms. The summed E-state index contributed by atoms with van der Waals surface area (Å²) in [6.07, 6.45) is 10.9. The Morgan fingerprint density at radius 3 is 2.48 bits per heavy atom. The van der Waals surface area contributed by atoms with Crippen LogP contribution in [0.15, 0.2) is 53.7 Å². The number of rotatable bonds is 9. The van der Waals surface area contributed by atoms with Crippen molar-refractivity contribution in [2.24, 2.45) is 13.0 Å². The molecular formula is C37H46FN7O3. The molecule has 4 aromatic rings. The number of nitrogens with one attached hydrogen (secondary N) is 1. The van der Waals surface area contributed by atoms with Gasteiger partial charge in [0.25, 0.3) is 11.5 Å². The van der Waals surface area contributed by atoms with Gasteiger partial charge in [0.2, 0.25) is 0 Å². The van der Waals surface area contributed by atoms with Crippen LogP contribution in [-0.2, 0) is 24.9 Å². The molecule has 3 aliphatic rings.